The number of hydrogen-bond acceptors (Lipinski definition) is 3. The van der Waals surface area contributed by atoms with E-state index in [-0.39, 0.29) is 6.29 Å². The van der Waals surface area contributed by atoms with E-state index in [1.54, 1.807) is 0 Å². The Labute approximate surface area is 115 Å². The molecule has 1 aliphatic rings. The van der Waals surface area contributed by atoms with Crippen LogP contribution in [0.1, 0.15) is 24.8 Å². The minimum absolute atomic E-state index is 0.0129. The summed E-state index contributed by atoms with van der Waals surface area (Å²) in [6.45, 7) is 2.93. The van der Waals surface area contributed by atoms with Crippen LogP contribution in [-0.4, -0.2) is 26.1 Å². The molecule has 1 fully saturated rings. The molecule has 19 heavy (non-hydrogen) atoms. The van der Waals surface area contributed by atoms with E-state index in [1.807, 2.05) is 18.2 Å². The quantitative estimate of drug-likeness (QED) is 0.531. The minimum Gasteiger partial charge on any atom is -0.376 e. The second kappa shape index (κ2) is 8.86. The van der Waals surface area contributed by atoms with Gasteiger partial charge in [0.15, 0.2) is 6.29 Å². The second-order valence-corrected chi connectivity index (χ2v) is 4.55. The van der Waals surface area contributed by atoms with Crippen LogP contribution in [0.3, 0.4) is 0 Å². The summed E-state index contributed by atoms with van der Waals surface area (Å²) in [5.74, 6) is 0. The molecule has 0 aliphatic carbocycles. The SMILES string of the molecule is C(=CCCC1OCCO1)CCOCc1ccccc1. The highest BCUT2D eigenvalue weighted by molar-refractivity contribution is 5.13. The highest BCUT2D eigenvalue weighted by atomic mass is 16.7. The van der Waals surface area contributed by atoms with Crippen molar-refractivity contribution in [3.05, 3.63) is 48.0 Å². The Hall–Kier alpha value is -1.16. The van der Waals surface area contributed by atoms with Crippen molar-refractivity contribution in [3.63, 3.8) is 0 Å². The van der Waals surface area contributed by atoms with E-state index in [0.29, 0.717) is 6.61 Å². The van der Waals surface area contributed by atoms with Crippen molar-refractivity contribution in [2.24, 2.45) is 0 Å². The zero-order valence-electron chi connectivity index (χ0n) is 11.3. The Bertz CT molecular complexity index is 356. The second-order valence-electron chi connectivity index (χ2n) is 4.55. The molecule has 0 radical (unpaired) electrons. The molecule has 0 unspecified atom stereocenters. The van der Waals surface area contributed by atoms with Crippen LogP contribution in [-0.2, 0) is 20.8 Å². The van der Waals surface area contributed by atoms with Gasteiger partial charge in [0.05, 0.1) is 26.4 Å². The van der Waals surface area contributed by atoms with Gasteiger partial charge < -0.3 is 14.2 Å². The van der Waals surface area contributed by atoms with Crippen molar-refractivity contribution < 1.29 is 14.2 Å². The van der Waals surface area contributed by atoms with Crippen molar-refractivity contribution in [1.82, 2.24) is 0 Å². The topological polar surface area (TPSA) is 27.7 Å². The first-order chi connectivity index (χ1) is 9.45. The molecular formula is C16H22O3. The van der Waals surface area contributed by atoms with Crippen LogP contribution >= 0.6 is 0 Å². The fourth-order valence-corrected chi connectivity index (χ4v) is 1.96. The fourth-order valence-electron chi connectivity index (χ4n) is 1.96. The van der Waals surface area contributed by atoms with Crippen molar-refractivity contribution in [2.45, 2.75) is 32.2 Å². The zero-order chi connectivity index (χ0) is 13.2. The van der Waals surface area contributed by atoms with Gasteiger partial charge in [-0.3, -0.25) is 0 Å². The van der Waals surface area contributed by atoms with E-state index < -0.39 is 0 Å². The zero-order valence-corrected chi connectivity index (χ0v) is 11.3. The van der Waals surface area contributed by atoms with E-state index in [1.165, 1.54) is 5.56 Å². The van der Waals surface area contributed by atoms with Crippen LogP contribution in [0.25, 0.3) is 0 Å². The maximum atomic E-state index is 5.60. The van der Waals surface area contributed by atoms with Crippen LogP contribution in [0.2, 0.25) is 0 Å². The largest absolute Gasteiger partial charge is 0.376 e. The molecule has 0 N–H and O–H groups in total. The number of benzene rings is 1. The molecule has 104 valence electrons. The van der Waals surface area contributed by atoms with E-state index in [9.17, 15) is 0 Å². The predicted molar refractivity (Wildman–Crippen MR) is 74.8 cm³/mol. The van der Waals surface area contributed by atoms with Crippen LogP contribution in [0.4, 0.5) is 0 Å². The summed E-state index contributed by atoms with van der Waals surface area (Å²) in [7, 11) is 0. The van der Waals surface area contributed by atoms with Crippen molar-refractivity contribution >= 4 is 0 Å². The molecular weight excluding hydrogens is 240 g/mol. The van der Waals surface area contributed by atoms with Crippen LogP contribution in [0.15, 0.2) is 42.5 Å². The van der Waals surface area contributed by atoms with Crippen molar-refractivity contribution in [1.29, 1.82) is 0 Å². The standard InChI is InChI=1S/C16H22O3/c1(6-10-16-18-12-13-19-16)2-7-11-17-14-15-8-4-3-5-9-15/h1-5,8-9,16H,6-7,10-14H2. The highest BCUT2D eigenvalue weighted by Crippen LogP contribution is 2.10. The maximum Gasteiger partial charge on any atom is 0.158 e. The lowest BCUT2D eigenvalue weighted by Gasteiger charge is -2.05. The third-order valence-electron chi connectivity index (χ3n) is 2.97. The smallest absolute Gasteiger partial charge is 0.158 e. The molecule has 0 bridgehead atoms. The lowest BCUT2D eigenvalue weighted by atomic mass is 10.2. The van der Waals surface area contributed by atoms with Gasteiger partial charge in [0, 0.05) is 6.42 Å². The van der Waals surface area contributed by atoms with E-state index in [4.69, 9.17) is 14.2 Å². The van der Waals surface area contributed by atoms with Gasteiger partial charge >= 0.3 is 0 Å². The molecule has 0 amide bonds. The molecule has 1 aromatic rings. The number of hydrogen-bond donors (Lipinski definition) is 0. The van der Waals surface area contributed by atoms with Crippen molar-refractivity contribution in [2.75, 3.05) is 19.8 Å². The summed E-state index contributed by atoms with van der Waals surface area (Å²) in [6, 6.07) is 10.2. The number of ether oxygens (including phenoxy) is 3. The average Bonchev–Trinajstić information content (AvgIpc) is 2.96. The van der Waals surface area contributed by atoms with Gasteiger partial charge in [-0.25, -0.2) is 0 Å². The molecule has 3 nitrogen and oxygen atoms in total. The fraction of sp³-hybridized carbons (Fsp3) is 0.500. The first-order valence-electron chi connectivity index (χ1n) is 6.95. The van der Waals surface area contributed by atoms with Gasteiger partial charge in [-0.2, -0.15) is 0 Å². The Morgan fingerprint density at radius 3 is 2.58 bits per heavy atom. The molecule has 0 aromatic heterocycles. The summed E-state index contributed by atoms with van der Waals surface area (Å²) in [5, 5.41) is 0. The van der Waals surface area contributed by atoms with Gasteiger partial charge in [0.1, 0.15) is 0 Å². The van der Waals surface area contributed by atoms with E-state index in [0.717, 1.165) is 39.1 Å². The monoisotopic (exact) mass is 262 g/mol. The summed E-state index contributed by atoms with van der Waals surface area (Å²) < 4.78 is 16.3. The van der Waals surface area contributed by atoms with Gasteiger partial charge in [-0.15, -0.1) is 0 Å². The lowest BCUT2D eigenvalue weighted by Crippen LogP contribution is -2.05. The Morgan fingerprint density at radius 1 is 1.05 bits per heavy atom. The van der Waals surface area contributed by atoms with Crippen LogP contribution in [0.5, 0.6) is 0 Å². The molecule has 1 saturated heterocycles. The Balaban J connectivity index is 1.45. The van der Waals surface area contributed by atoms with Crippen LogP contribution in [0, 0.1) is 0 Å². The first-order valence-corrected chi connectivity index (χ1v) is 6.95. The maximum absolute atomic E-state index is 5.60. The Kier molecular flexibility index (Phi) is 6.65. The molecule has 3 heteroatoms. The molecule has 0 spiro atoms. The van der Waals surface area contributed by atoms with Gasteiger partial charge in [0.2, 0.25) is 0 Å². The molecule has 0 saturated carbocycles. The normalized spacial score (nSPS) is 16.4. The Morgan fingerprint density at radius 2 is 1.79 bits per heavy atom. The van der Waals surface area contributed by atoms with E-state index in [2.05, 4.69) is 24.3 Å². The number of rotatable bonds is 8. The van der Waals surface area contributed by atoms with Gasteiger partial charge in [-0.1, -0.05) is 42.5 Å². The predicted octanol–water partition coefficient (Wildman–Crippen LogP) is 3.30. The lowest BCUT2D eigenvalue weighted by molar-refractivity contribution is -0.0457. The average molecular weight is 262 g/mol. The molecule has 1 heterocycles. The third-order valence-corrected chi connectivity index (χ3v) is 2.97. The molecule has 1 aromatic carbocycles. The highest BCUT2D eigenvalue weighted by Gasteiger charge is 2.13. The minimum atomic E-state index is 0.0129. The van der Waals surface area contributed by atoms with Crippen molar-refractivity contribution in [3.8, 4) is 0 Å². The summed E-state index contributed by atoms with van der Waals surface area (Å²) in [6.07, 6.45) is 7.26. The summed E-state index contributed by atoms with van der Waals surface area (Å²) >= 11 is 0. The van der Waals surface area contributed by atoms with E-state index >= 15 is 0 Å². The van der Waals surface area contributed by atoms with Gasteiger partial charge in [0.25, 0.3) is 0 Å². The molecule has 2 rings (SSSR count). The molecule has 1 aliphatic heterocycles. The third kappa shape index (κ3) is 6.01. The molecule has 0 atom stereocenters. The first kappa shape index (κ1) is 14.3. The summed E-state index contributed by atoms with van der Waals surface area (Å²) in [5.41, 5.74) is 1.22. The van der Waals surface area contributed by atoms with Gasteiger partial charge in [-0.05, 0) is 18.4 Å². The summed E-state index contributed by atoms with van der Waals surface area (Å²) in [4.78, 5) is 0. The van der Waals surface area contributed by atoms with Crippen LogP contribution < -0.4 is 0 Å². The number of allylic oxidation sites excluding steroid dienone is 1.